The fourth-order valence-corrected chi connectivity index (χ4v) is 2.29. The third-order valence-corrected chi connectivity index (χ3v) is 3.19. The van der Waals surface area contributed by atoms with Crippen LogP contribution in [0, 0.1) is 18.6 Å². The van der Waals surface area contributed by atoms with Gasteiger partial charge in [0.05, 0.1) is 24.3 Å². The first-order chi connectivity index (χ1) is 9.15. The van der Waals surface area contributed by atoms with Crippen molar-refractivity contribution in [2.24, 2.45) is 4.99 Å². The van der Waals surface area contributed by atoms with Gasteiger partial charge in [0.15, 0.2) is 0 Å². The van der Waals surface area contributed by atoms with Crippen molar-refractivity contribution in [2.45, 2.75) is 13.5 Å². The highest BCUT2D eigenvalue weighted by atomic mass is 19.1. The summed E-state index contributed by atoms with van der Waals surface area (Å²) in [6.07, 6.45) is 1.59. The lowest BCUT2D eigenvalue weighted by Crippen LogP contribution is -2.25. The van der Waals surface area contributed by atoms with Crippen LogP contribution in [0.3, 0.4) is 0 Å². The maximum atomic E-state index is 13.9. The van der Waals surface area contributed by atoms with Crippen molar-refractivity contribution in [3.05, 3.63) is 59.2 Å². The van der Waals surface area contributed by atoms with Gasteiger partial charge < -0.3 is 4.90 Å². The number of anilines is 1. The highest BCUT2D eigenvalue weighted by Crippen LogP contribution is 2.30. The Balaban J connectivity index is 2.03. The van der Waals surface area contributed by atoms with E-state index in [-0.39, 0.29) is 11.6 Å². The fraction of sp³-hybridized carbons (Fsp3) is 0.133. The fourth-order valence-electron chi connectivity index (χ4n) is 2.29. The predicted octanol–water partition coefficient (Wildman–Crippen LogP) is 3.95. The van der Waals surface area contributed by atoms with Gasteiger partial charge in [-0.15, -0.1) is 0 Å². The first-order valence-electron chi connectivity index (χ1n) is 5.99. The molecule has 2 aromatic carbocycles. The van der Waals surface area contributed by atoms with Crippen LogP contribution in [0.5, 0.6) is 0 Å². The van der Waals surface area contributed by atoms with E-state index in [1.54, 1.807) is 23.4 Å². The van der Waals surface area contributed by atoms with E-state index in [0.29, 0.717) is 12.2 Å². The number of aliphatic imine (C=N–C) groups is 1. The Labute approximate surface area is 110 Å². The highest BCUT2D eigenvalue weighted by molar-refractivity contribution is 5.85. The Morgan fingerprint density at radius 1 is 1.16 bits per heavy atom. The lowest BCUT2D eigenvalue weighted by atomic mass is 10.1. The van der Waals surface area contributed by atoms with Gasteiger partial charge >= 0.3 is 0 Å². The van der Waals surface area contributed by atoms with Gasteiger partial charge in [0.2, 0.25) is 0 Å². The number of fused-ring (bicyclic) bond motifs is 1. The molecule has 1 aliphatic heterocycles. The second-order valence-electron chi connectivity index (χ2n) is 4.55. The van der Waals surface area contributed by atoms with Crippen molar-refractivity contribution >= 4 is 17.7 Å². The second-order valence-corrected chi connectivity index (χ2v) is 4.55. The Morgan fingerprint density at radius 2 is 2.00 bits per heavy atom. The second kappa shape index (κ2) is 4.46. The largest absolute Gasteiger partial charge is 0.325 e. The number of rotatable bonds is 1. The van der Waals surface area contributed by atoms with Crippen LogP contribution in [0.25, 0.3) is 0 Å². The minimum atomic E-state index is -0.305. The van der Waals surface area contributed by atoms with E-state index in [0.717, 1.165) is 16.8 Å². The molecule has 0 fully saturated rings. The molecule has 0 aromatic heterocycles. The van der Waals surface area contributed by atoms with Crippen molar-refractivity contribution in [3.63, 3.8) is 0 Å². The van der Waals surface area contributed by atoms with Crippen LogP contribution in [0.2, 0.25) is 0 Å². The molecule has 0 saturated carbocycles. The Morgan fingerprint density at radius 3 is 2.79 bits per heavy atom. The quantitative estimate of drug-likeness (QED) is 0.756. The third-order valence-electron chi connectivity index (χ3n) is 3.19. The number of para-hydroxylation sites is 1. The normalized spacial score (nSPS) is 13.5. The molecule has 2 aromatic rings. The van der Waals surface area contributed by atoms with Gasteiger partial charge in [0.25, 0.3) is 0 Å². The molecule has 0 amide bonds. The van der Waals surface area contributed by atoms with E-state index >= 15 is 0 Å². The average Bonchev–Trinajstić information content (AvgIpc) is 2.38. The zero-order chi connectivity index (χ0) is 13.4. The van der Waals surface area contributed by atoms with Crippen molar-refractivity contribution in [3.8, 4) is 0 Å². The Hall–Kier alpha value is -2.23. The van der Waals surface area contributed by atoms with Gasteiger partial charge in [0, 0.05) is 5.56 Å². The van der Waals surface area contributed by atoms with Crippen molar-refractivity contribution in [1.82, 2.24) is 0 Å². The van der Waals surface area contributed by atoms with Gasteiger partial charge in [-0.05, 0) is 36.8 Å². The number of benzene rings is 2. The summed E-state index contributed by atoms with van der Waals surface area (Å²) < 4.78 is 27.2. The van der Waals surface area contributed by atoms with Crippen LogP contribution in [-0.4, -0.2) is 6.34 Å². The van der Waals surface area contributed by atoms with E-state index in [1.165, 1.54) is 18.2 Å². The molecule has 0 saturated heterocycles. The Kier molecular flexibility index (Phi) is 2.78. The molecule has 0 N–H and O–H groups in total. The molecule has 0 bridgehead atoms. The zero-order valence-corrected chi connectivity index (χ0v) is 10.4. The SMILES string of the molecule is Cc1cccc(F)c1N1C=Nc2ccc(F)cc2C1. The first kappa shape index (κ1) is 11.8. The van der Waals surface area contributed by atoms with Crippen LogP contribution in [0.1, 0.15) is 11.1 Å². The summed E-state index contributed by atoms with van der Waals surface area (Å²) in [6.45, 7) is 2.26. The molecule has 1 heterocycles. The van der Waals surface area contributed by atoms with E-state index in [9.17, 15) is 8.78 Å². The van der Waals surface area contributed by atoms with Crippen LogP contribution in [-0.2, 0) is 6.54 Å². The van der Waals surface area contributed by atoms with Crippen molar-refractivity contribution in [2.75, 3.05) is 4.90 Å². The number of aryl methyl sites for hydroxylation is 1. The summed E-state index contributed by atoms with van der Waals surface area (Å²) >= 11 is 0. The van der Waals surface area contributed by atoms with Crippen molar-refractivity contribution in [1.29, 1.82) is 0 Å². The molecule has 2 nitrogen and oxygen atoms in total. The molecule has 0 aliphatic carbocycles. The maximum absolute atomic E-state index is 13.9. The summed E-state index contributed by atoms with van der Waals surface area (Å²) in [5, 5.41) is 0. The van der Waals surface area contributed by atoms with Crippen LogP contribution >= 0.6 is 0 Å². The molecule has 3 rings (SSSR count). The summed E-state index contributed by atoms with van der Waals surface area (Å²) in [6, 6.07) is 9.37. The lowest BCUT2D eigenvalue weighted by Gasteiger charge is -2.26. The van der Waals surface area contributed by atoms with Gasteiger partial charge in [-0.3, -0.25) is 0 Å². The molecule has 4 heteroatoms. The summed E-state index contributed by atoms with van der Waals surface area (Å²) in [4.78, 5) is 5.94. The molecule has 0 radical (unpaired) electrons. The smallest absolute Gasteiger partial charge is 0.147 e. The molecule has 1 aliphatic rings. The molecule has 19 heavy (non-hydrogen) atoms. The number of halogens is 2. The first-order valence-corrected chi connectivity index (χ1v) is 5.99. The molecular weight excluding hydrogens is 246 g/mol. The zero-order valence-electron chi connectivity index (χ0n) is 10.4. The molecule has 96 valence electrons. The van der Waals surface area contributed by atoms with Crippen LogP contribution < -0.4 is 4.90 Å². The average molecular weight is 258 g/mol. The minimum Gasteiger partial charge on any atom is -0.325 e. The van der Waals surface area contributed by atoms with E-state index in [2.05, 4.69) is 4.99 Å². The summed E-state index contributed by atoms with van der Waals surface area (Å²) in [5.41, 5.74) is 2.80. The van der Waals surface area contributed by atoms with Crippen LogP contribution in [0.4, 0.5) is 20.2 Å². The molecule has 0 spiro atoms. The van der Waals surface area contributed by atoms with E-state index in [4.69, 9.17) is 0 Å². The third kappa shape index (κ3) is 2.10. The topological polar surface area (TPSA) is 15.6 Å². The summed E-state index contributed by atoms with van der Waals surface area (Å²) in [7, 11) is 0. The van der Waals surface area contributed by atoms with Crippen molar-refractivity contribution < 1.29 is 8.78 Å². The monoisotopic (exact) mass is 258 g/mol. The van der Waals surface area contributed by atoms with Gasteiger partial charge in [-0.25, -0.2) is 13.8 Å². The van der Waals surface area contributed by atoms with Gasteiger partial charge in [-0.1, -0.05) is 12.1 Å². The minimum absolute atomic E-state index is 0.300. The molecule has 0 unspecified atom stereocenters. The van der Waals surface area contributed by atoms with Crippen LogP contribution in [0.15, 0.2) is 41.4 Å². The van der Waals surface area contributed by atoms with E-state index < -0.39 is 0 Å². The maximum Gasteiger partial charge on any atom is 0.147 e. The van der Waals surface area contributed by atoms with E-state index in [1.807, 2.05) is 13.0 Å². The number of hydrogen-bond acceptors (Lipinski definition) is 2. The molecule has 0 atom stereocenters. The van der Waals surface area contributed by atoms with Gasteiger partial charge in [-0.2, -0.15) is 0 Å². The Bertz CT molecular complexity index is 645. The molecular formula is C15H12F2N2. The predicted molar refractivity (Wildman–Crippen MR) is 71.9 cm³/mol. The highest BCUT2D eigenvalue weighted by Gasteiger charge is 2.18. The standard InChI is InChI=1S/C15H12F2N2/c1-10-3-2-4-13(17)15(10)19-8-11-7-12(16)5-6-14(11)18-9-19/h2-7,9H,8H2,1H3. The number of nitrogens with zero attached hydrogens (tertiary/aromatic N) is 2. The van der Waals surface area contributed by atoms with Gasteiger partial charge in [0.1, 0.15) is 11.6 Å². The summed E-state index contributed by atoms with van der Waals surface area (Å²) in [5.74, 6) is -0.604. The number of hydrogen-bond donors (Lipinski definition) is 0. The lowest BCUT2D eigenvalue weighted by molar-refractivity contribution is 0.621.